The van der Waals surface area contributed by atoms with Gasteiger partial charge in [-0.25, -0.2) is 0 Å². The van der Waals surface area contributed by atoms with Gasteiger partial charge in [-0.15, -0.1) is 0 Å². The number of hydrogen-bond acceptors (Lipinski definition) is 2. The van der Waals surface area contributed by atoms with E-state index in [2.05, 4.69) is 31.4 Å². The smallest absolute Gasteiger partial charge is 0.237 e. The number of carbonyl (C=O) groups is 1. The molecule has 17 heavy (non-hydrogen) atoms. The highest BCUT2D eigenvalue weighted by Crippen LogP contribution is 2.15. The molecule has 1 amide bonds. The van der Waals surface area contributed by atoms with E-state index < -0.39 is 0 Å². The van der Waals surface area contributed by atoms with Crippen LogP contribution in [0.15, 0.2) is 0 Å². The van der Waals surface area contributed by atoms with Crippen molar-refractivity contribution in [1.82, 2.24) is 10.6 Å². The maximum absolute atomic E-state index is 12.1. The topological polar surface area (TPSA) is 41.1 Å². The van der Waals surface area contributed by atoms with Crippen LogP contribution in [-0.2, 0) is 4.79 Å². The third-order valence-electron chi connectivity index (χ3n) is 3.71. The van der Waals surface area contributed by atoms with Gasteiger partial charge in [0.2, 0.25) is 5.91 Å². The zero-order chi connectivity index (χ0) is 12.7. The van der Waals surface area contributed by atoms with Crippen LogP contribution in [0.3, 0.4) is 0 Å². The highest BCUT2D eigenvalue weighted by atomic mass is 16.2. The number of rotatable bonds is 7. The lowest BCUT2D eigenvalue weighted by atomic mass is 10.0. The molecule has 1 saturated heterocycles. The van der Waals surface area contributed by atoms with Crippen molar-refractivity contribution < 1.29 is 4.79 Å². The van der Waals surface area contributed by atoms with Gasteiger partial charge in [0.25, 0.3) is 0 Å². The molecule has 0 bridgehead atoms. The van der Waals surface area contributed by atoms with Gasteiger partial charge in [0, 0.05) is 6.04 Å². The molecule has 0 aromatic heterocycles. The molecule has 1 aliphatic heterocycles. The van der Waals surface area contributed by atoms with Crippen molar-refractivity contribution >= 4 is 5.91 Å². The first-order valence-electron chi connectivity index (χ1n) is 7.22. The van der Waals surface area contributed by atoms with Gasteiger partial charge in [-0.2, -0.15) is 0 Å². The van der Waals surface area contributed by atoms with Crippen LogP contribution < -0.4 is 10.6 Å². The Labute approximate surface area is 106 Å². The average molecular weight is 240 g/mol. The molecule has 3 nitrogen and oxygen atoms in total. The van der Waals surface area contributed by atoms with Crippen LogP contribution in [0.4, 0.5) is 0 Å². The third-order valence-corrected chi connectivity index (χ3v) is 3.71. The van der Waals surface area contributed by atoms with Gasteiger partial charge >= 0.3 is 0 Å². The predicted octanol–water partition coefficient (Wildman–Crippen LogP) is 2.46. The lowest BCUT2D eigenvalue weighted by Crippen LogP contribution is -2.47. The SMILES string of the molecule is CCCCC(CCC)NC(=O)C1NCCC1C. The first-order chi connectivity index (χ1) is 8.19. The van der Waals surface area contributed by atoms with Crippen LogP contribution >= 0.6 is 0 Å². The van der Waals surface area contributed by atoms with Crippen molar-refractivity contribution in [2.75, 3.05) is 6.54 Å². The average Bonchev–Trinajstić information content (AvgIpc) is 2.72. The summed E-state index contributed by atoms with van der Waals surface area (Å²) in [6.45, 7) is 7.52. The van der Waals surface area contributed by atoms with E-state index in [4.69, 9.17) is 0 Å². The molecule has 1 rings (SSSR count). The summed E-state index contributed by atoms with van der Waals surface area (Å²) in [6.07, 6.45) is 6.89. The lowest BCUT2D eigenvalue weighted by Gasteiger charge is -2.22. The molecule has 3 heteroatoms. The fourth-order valence-corrected chi connectivity index (χ4v) is 2.56. The molecule has 0 radical (unpaired) electrons. The summed E-state index contributed by atoms with van der Waals surface area (Å²) in [6, 6.07) is 0.415. The standard InChI is InChI=1S/C14H28N2O/c1-4-6-8-12(7-5-2)16-14(17)13-11(3)9-10-15-13/h11-13,15H,4-10H2,1-3H3,(H,16,17). The number of amides is 1. The molecule has 0 aliphatic carbocycles. The molecule has 3 unspecified atom stereocenters. The third kappa shape index (κ3) is 4.66. The summed E-state index contributed by atoms with van der Waals surface area (Å²) in [7, 11) is 0. The van der Waals surface area contributed by atoms with E-state index in [0.29, 0.717) is 12.0 Å². The quantitative estimate of drug-likeness (QED) is 0.717. The molecule has 1 aliphatic rings. The second-order valence-corrected chi connectivity index (χ2v) is 5.33. The van der Waals surface area contributed by atoms with Gasteiger partial charge in [-0.05, 0) is 31.7 Å². The fraction of sp³-hybridized carbons (Fsp3) is 0.929. The predicted molar refractivity (Wildman–Crippen MR) is 71.9 cm³/mol. The summed E-state index contributed by atoms with van der Waals surface area (Å²) in [4.78, 5) is 12.1. The number of carbonyl (C=O) groups excluding carboxylic acids is 1. The number of nitrogens with one attached hydrogen (secondary N) is 2. The molecular formula is C14H28N2O. The fourth-order valence-electron chi connectivity index (χ4n) is 2.56. The maximum atomic E-state index is 12.1. The molecule has 0 aromatic rings. The lowest BCUT2D eigenvalue weighted by molar-refractivity contribution is -0.124. The van der Waals surface area contributed by atoms with E-state index >= 15 is 0 Å². The number of hydrogen-bond donors (Lipinski definition) is 2. The van der Waals surface area contributed by atoms with E-state index in [-0.39, 0.29) is 11.9 Å². The molecule has 2 N–H and O–H groups in total. The molecule has 3 atom stereocenters. The van der Waals surface area contributed by atoms with E-state index in [1.54, 1.807) is 0 Å². The zero-order valence-corrected chi connectivity index (χ0v) is 11.6. The molecule has 100 valence electrons. The van der Waals surface area contributed by atoms with E-state index in [1.165, 1.54) is 12.8 Å². The highest BCUT2D eigenvalue weighted by Gasteiger charge is 2.30. The van der Waals surface area contributed by atoms with Crippen molar-refractivity contribution in [3.63, 3.8) is 0 Å². The van der Waals surface area contributed by atoms with Crippen LogP contribution in [0.1, 0.15) is 59.3 Å². The van der Waals surface area contributed by atoms with Gasteiger partial charge in [0.05, 0.1) is 6.04 Å². The Bertz CT molecular complexity index is 230. The molecular weight excluding hydrogens is 212 g/mol. The zero-order valence-electron chi connectivity index (χ0n) is 11.6. The highest BCUT2D eigenvalue weighted by molar-refractivity contribution is 5.82. The van der Waals surface area contributed by atoms with Gasteiger partial charge in [0.15, 0.2) is 0 Å². The Morgan fingerprint density at radius 1 is 1.35 bits per heavy atom. The minimum Gasteiger partial charge on any atom is -0.352 e. The van der Waals surface area contributed by atoms with Crippen LogP contribution in [0.5, 0.6) is 0 Å². The Balaban J connectivity index is 2.39. The summed E-state index contributed by atoms with van der Waals surface area (Å²) >= 11 is 0. The number of unbranched alkanes of at least 4 members (excludes halogenated alkanes) is 1. The molecule has 0 aromatic carbocycles. The maximum Gasteiger partial charge on any atom is 0.237 e. The summed E-state index contributed by atoms with van der Waals surface area (Å²) in [5, 5.41) is 6.52. The normalized spacial score (nSPS) is 25.8. The van der Waals surface area contributed by atoms with Crippen LogP contribution in [0.2, 0.25) is 0 Å². The van der Waals surface area contributed by atoms with Gasteiger partial charge in [-0.1, -0.05) is 40.0 Å². The van der Waals surface area contributed by atoms with E-state index in [0.717, 1.165) is 32.2 Å². The first kappa shape index (κ1) is 14.5. The summed E-state index contributed by atoms with van der Waals surface area (Å²) < 4.78 is 0. The molecule has 1 heterocycles. The molecule has 0 spiro atoms. The minimum absolute atomic E-state index is 0.0379. The van der Waals surface area contributed by atoms with E-state index in [1.807, 2.05) is 0 Å². The van der Waals surface area contributed by atoms with Crippen LogP contribution in [0, 0.1) is 5.92 Å². The van der Waals surface area contributed by atoms with Crippen molar-refractivity contribution in [3.05, 3.63) is 0 Å². The van der Waals surface area contributed by atoms with Crippen LogP contribution in [0.25, 0.3) is 0 Å². The minimum atomic E-state index is 0.0379. The van der Waals surface area contributed by atoms with Crippen molar-refractivity contribution in [2.45, 2.75) is 71.4 Å². The molecule has 1 fully saturated rings. The van der Waals surface area contributed by atoms with E-state index in [9.17, 15) is 4.79 Å². The largest absolute Gasteiger partial charge is 0.352 e. The van der Waals surface area contributed by atoms with Crippen molar-refractivity contribution in [3.8, 4) is 0 Å². The van der Waals surface area contributed by atoms with Crippen molar-refractivity contribution in [2.24, 2.45) is 5.92 Å². The Kier molecular flexibility index (Phi) is 6.56. The van der Waals surface area contributed by atoms with Gasteiger partial charge in [-0.3, -0.25) is 4.79 Å². The molecule has 0 saturated carbocycles. The second-order valence-electron chi connectivity index (χ2n) is 5.33. The first-order valence-corrected chi connectivity index (χ1v) is 7.22. The van der Waals surface area contributed by atoms with Crippen LogP contribution in [-0.4, -0.2) is 24.5 Å². The Morgan fingerprint density at radius 3 is 2.65 bits per heavy atom. The second kappa shape index (κ2) is 7.70. The van der Waals surface area contributed by atoms with Gasteiger partial charge < -0.3 is 10.6 Å². The van der Waals surface area contributed by atoms with Crippen molar-refractivity contribution in [1.29, 1.82) is 0 Å². The Morgan fingerprint density at radius 2 is 2.12 bits per heavy atom. The Hall–Kier alpha value is -0.570. The summed E-state index contributed by atoms with van der Waals surface area (Å²) in [5.41, 5.74) is 0. The van der Waals surface area contributed by atoms with Gasteiger partial charge in [0.1, 0.15) is 0 Å². The monoisotopic (exact) mass is 240 g/mol. The summed E-state index contributed by atoms with van der Waals surface area (Å²) in [5.74, 6) is 0.688.